The topological polar surface area (TPSA) is 60.2 Å². The van der Waals surface area contributed by atoms with Crippen molar-refractivity contribution in [2.24, 2.45) is 5.73 Å². The molecule has 1 atom stereocenters. The van der Waals surface area contributed by atoms with Crippen LogP contribution in [0, 0.1) is 11.8 Å². The zero-order valence-corrected chi connectivity index (χ0v) is 8.32. The molecular formula is C8H15NO2S. The van der Waals surface area contributed by atoms with Gasteiger partial charge in [-0.2, -0.15) is 0 Å². The van der Waals surface area contributed by atoms with Gasteiger partial charge in [0.25, 0.3) is 0 Å². The van der Waals surface area contributed by atoms with Gasteiger partial charge in [-0.15, -0.1) is 11.8 Å². The van der Waals surface area contributed by atoms with Crippen LogP contribution in [0.3, 0.4) is 0 Å². The van der Waals surface area contributed by atoms with Gasteiger partial charge in [-0.1, -0.05) is 0 Å². The second-order valence-electron chi connectivity index (χ2n) is 2.82. The SMILES string of the molecule is CC#CCCC(N)CS(C)(=O)=O. The minimum Gasteiger partial charge on any atom is -0.327 e. The van der Waals surface area contributed by atoms with Gasteiger partial charge in [0, 0.05) is 18.7 Å². The van der Waals surface area contributed by atoms with Crippen LogP contribution in [0.25, 0.3) is 0 Å². The monoisotopic (exact) mass is 189 g/mol. The summed E-state index contributed by atoms with van der Waals surface area (Å²) in [6.45, 7) is 1.75. The number of hydrogen-bond acceptors (Lipinski definition) is 3. The first-order valence-electron chi connectivity index (χ1n) is 3.78. The zero-order chi connectivity index (χ0) is 9.61. The molecule has 0 aliphatic heterocycles. The molecule has 0 bridgehead atoms. The molecule has 0 amide bonds. The van der Waals surface area contributed by atoms with Crippen molar-refractivity contribution in [3.8, 4) is 11.8 Å². The maximum absolute atomic E-state index is 10.8. The molecular weight excluding hydrogens is 174 g/mol. The highest BCUT2D eigenvalue weighted by Gasteiger charge is 2.09. The third-order valence-corrected chi connectivity index (χ3v) is 2.37. The van der Waals surface area contributed by atoms with Gasteiger partial charge in [-0.05, 0) is 13.3 Å². The molecule has 0 fully saturated rings. The highest BCUT2D eigenvalue weighted by atomic mass is 32.2. The quantitative estimate of drug-likeness (QED) is 0.641. The van der Waals surface area contributed by atoms with E-state index in [0.29, 0.717) is 12.8 Å². The first-order valence-corrected chi connectivity index (χ1v) is 5.84. The Morgan fingerprint density at radius 2 is 2.08 bits per heavy atom. The fourth-order valence-electron chi connectivity index (χ4n) is 0.855. The maximum Gasteiger partial charge on any atom is 0.148 e. The molecule has 0 aromatic rings. The van der Waals surface area contributed by atoms with Crippen molar-refractivity contribution in [3.05, 3.63) is 0 Å². The molecule has 4 heteroatoms. The Morgan fingerprint density at radius 1 is 1.50 bits per heavy atom. The van der Waals surface area contributed by atoms with Gasteiger partial charge in [0.2, 0.25) is 0 Å². The Kier molecular flexibility index (Phi) is 4.95. The molecule has 0 aromatic carbocycles. The summed E-state index contributed by atoms with van der Waals surface area (Å²) in [6.07, 6.45) is 2.51. The maximum atomic E-state index is 10.8. The summed E-state index contributed by atoms with van der Waals surface area (Å²) in [5, 5.41) is 0. The molecule has 0 heterocycles. The molecule has 0 spiro atoms. The molecule has 0 saturated heterocycles. The lowest BCUT2D eigenvalue weighted by atomic mass is 10.2. The second-order valence-corrected chi connectivity index (χ2v) is 5.00. The lowest BCUT2D eigenvalue weighted by Crippen LogP contribution is -2.28. The molecule has 2 N–H and O–H groups in total. The van der Waals surface area contributed by atoms with Gasteiger partial charge >= 0.3 is 0 Å². The lowest BCUT2D eigenvalue weighted by Gasteiger charge is -2.06. The molecule has 0 aliphatic carbocycles. The van der Waals surface area contributed by atoms with Gasteiger partial charge in [-0.25, -0.2) is 8.42 Å². The first kappa shape index (κ1) is 11.5. The Balaban J connectivity index is 3.73. The lowest BCUT2D eigenvalue weighted by molar-refractivity contribution is 0.586. The largest absolute Gasteiger partial charge is 0.327 e. The fraction of sp³-hybridized carbons (Fsp3) is 0.750. The van der Waals surface area contributed by atoms with Crippen LogP contribution in [0.4, 0.5) is 0 Å². The van der Waals surface area contributed by atoms with Crippen LogP contribution in [0.2, 0.25) is 0 Å². The summed E-state index contributed by atoms with van der Waals surface area (Å²) in [5.74, 6) is 5.62. The van der Waals surface area contributed by atoms with Crippen molar-refractivity contribution in [3.63, 3.8) is 0 Å². The summed E-state index contributed by atoms with van der Waals surface area (Å²) in [4.78, 5) is 0. The van der Waals surface area contributed by atoms with Crippen LogP contribution in [0.5, 0.6) is 0 Å². The average molecular weight is 189 g/mol. The van der Waals surface area contributed by atoms with Gasteiger partial charge in [-0.3, -0.25) is 0 Å². The van der Waals surface area contributed by atoms with Gasteiger partial charge in [0.05, 0.1) is 5.75 Å². The Bertz CT molecular complexity index is 271. The van der Waals surface area contributed by atoms with Gasteiger partial charge in [0.15, 0.2) is 0 Å². The predicted octanol–water partition coefficient (Wildman–Crippen LogP) is 0.162. The van der Waals surface area contributed by atoms with E-state index in [4.69, 9.17) is 5.73 Å². The third-order valence-electron chi connectivity index (χ3n) is 1.33. The van der Waals surface area contributed by atoms with Crippen molar-refractivity contribution >= 4 is 9.84 Å². The normalized spacial score (nSPS) is 13.2. The van der Waals surface area contributed by atoms with E-state index >= 15 is 0 Å². The smallest absolute Gasteiger partial charge is 0.148 e. The molecule has 1 unspecified atom stereocenters. The molecule has 0 aromatic heterocycles. The van der Waals surface area contributed by atoms with E-state index in [-0.39, 0.29) is 11.8 Å². The van der Waals surface area contributed by atoms with E-state index in [1.54, 1.807) is 6.92 Å². The fourth-order valence-corrected chi connectivity index (χ4v) is 1.80. The Labute approximate surface area is 74.3 Å². The number of rotatable bonds is 4. The summed E-state index contributed by atoms with van der Waals surface area (Å²) < 4.78 is 21.5. The first-order chi connectivity index (χ1) is 5.45. The van der Waals surface area contributed by atoms with Crippen LogP contribution in [-0.2, 0) is 9.84 Å². The van der Waals surface area contributed by atoms with E-state index < -0.39 is 9.84 Å². The van der Waals surface area contributed by atoms with E-state index in [1.807, 2.05) is 0 Å². The van der Waals surface area contributed by atoms with Crippen molar-refractivity contribution in [2.45, 2.75) is 25.8 Å². The van der Waals surface area contributed by atoms with Crippen molar-refractivity contribution in [1.82, 2.24) is 0 Å². The highest BCUT2D eigenvalue weighted by Crippen LogP contribution is 1.96. The minimum atomic E-state index is -2.93. The number of sulfone groups is 1. The van der Waals surface area contributed by atoms with Gasteiger partial charge < -0.3 is 5.73 Å². The number of hydrogen-bond donors (Lipinski definition) is 1. The van der Waals surface area contributed by atoms with E-state index in [2.05, 4.69) is 11.8 Å². The Morgan fingerprint density at radius 3 is 2.50 bits per heavy atom. The van der Waals surface area contributed by atoms with Crippen LogP contribution in [0.1, 0.15) is 19.8 Å². The second kappa shape index (κ2) is 5.18. The van der Waals surface area contributed by atoms with Gasteiger partial charge in [0.1, 0.15) is 9.84 Å². The molecule has 0 rings (SSSR count). The van der Waals surface area contributed by atoms with Crippen LogP contribution in [0.15, 0.2) is 0 Å². The van der Waals surface area contributed by atoms with Crippen molar-refractivity contribution in [2.75, 3.05) is 12.0 Å². The molecule has 0 aliphatic rings. The summed E-state index contributed by atoms with van der Waals surface area (Å²) >= 11 is 0. The standard InChI is InChI=1S/C8H15NO2S/c1-3-4-5-6-8(9)7-12(2,10)11/h8H,5-7,9H2,1-2H3. The summed E-state index contributed by atoms with van der Waals surface area (Å²) in [5.41, 5.74) is 5.55. The summed E-state index contributed by atoms with van der Waals surface area (Å²) in [6, 6.07) is -0.277. The number of nitrogens with two attached hydrogens (primary N) is 1. The molecule has 3 nitrogen and oxygen atoms in total. The van der Waals surface area contributed by atoms with Crippen LogP contribution in [-0.4, -0.2) is 26.5 Å². The highest BCUT2D eigenvalue weighted by molar-refractivity contribution is 7.90. The van der Waals surface area contributed by atoms with E-state index in [9.17, 15) is 8.42 Å². The van der Waals surface area contributed by atoms with Crippen LogP contribution < -0.4 is 5.73 Å². The molecule has 70 valence electrons. The third kappa shape index (κ3) is 7.58. The Hall–Kier alpha value is -0.530. The van der Waals surface area contributed by atoms with Crippen molar-refractivity contribution < 1.29 is 8.42 Å². The molecule has 0 saturated carbocycles. The molecule has 0 radical (unpaired) electrons. The predicted molar refractivity (Wildman–Crippen MR) is 50.4 cm³/mol. The minimum absolute atomic E-state index is 0.0540. The zero-order valence-electron chi connectivity index (χ0n) is 7.50. The molecule has 12 heavy (non-hydrogen) atoms. The van der Waals surface area contributed by atoms with E-state index in [0.717, 1.165) is 0 Å². The van der Waals surface area contributed by atoms with E-state index in [1.165, 1.54) is 6.26 Å². The summed E-state index contributed by atoms with van der Waals surface area (Å²) in [7, 11) is -2.93. The van der Waals surface area contributed by atoms with Crippen LogP contribution >= 0.6 is 0 Å². The average Bonchev–Trinajstić information content (AvgIpc) is 1.84. The van der Waals surface area contributed by atoms with Crippen molar-refractivity contribution in [1.29, 1.82) is 0 Å².